The van der Waals surface area contributed by atoms with E-state index in [1.54, 1.807) is 6.92 Å². The Morgan fingerprint density at radius 3 is 2.59 bits per heavy atom. The molecular formula is C9H16N4O3S. The van der Waals surface area contributed by atoms with Crippen LogP contribution in [0, 0.1) is 6.92 Å². The van der Waals surface area contributed by atoms with Crippen molar-refractivity contribution in [2.45, 2.75) is 19.4 Å². The van der Waals surface area contributed by atoms with Gasteiger partial charge in [-0.05, 0) is 13.3 Å². The molecular weight excluding hydrogens is 244 g/mol. The molecule has 0 saturated carbocycles. The minimum absolute atomic E-state index is 0.0660. The van der Waals surface area contributed by atoms with E-state index in [0.29, 0.717) is 11.4 Å². The number of carbonyl (C=O) groups is 1. The first-order valence-corrected chi connectivity index (χ1v) is 7.06. The topological polar surface area (TPSA) is 121 Å². The number of rotatable bonds is 4. The van der Waals surface area contributed by atoms with Gasteiger partial charge in [-0.1, -0.05) is 0 Å². The van der Waals surface area contributed by atoms with Gasteiger partial charge >= 0.3 is 0 Å². The van der Waals surface area contributed by atoms with Crippen LogP contribution in [-0.4, -0.2) is 42.2 Å². The van der Waals surface area contributed by atoms with Gasteiger partial charge in [0.15, 0.2) is 0 Å². The molecule has 0 fully saturated rings. The monoisotopic (exact) mass is 260 g/mol. The second-order valence-corrected chi connectivity index (χ2v) is 6.24. The highest BCUT2D eigenvalue weighted by Gasteiger charge is 2.19. The highest BCUT2D eigenvalue weighted by molar-refractivity contribution is 7.90. The van der Waals surface area contributed by atoms with Crippen molar-refractivity contribution in [1.29, 1.82) is 0 Å². The molecule has 17 heavy (non-hydrogen) atoms. The van der Waals surface area contributed by atoms with Crippen LogP contribution in [0.3, 0.4) is 0 Å². The third-order valence-corrected chi connectivity index (χ3v) is 3.26. The van der Waals surface area contributed by atoms with E-state index in [1.807, 2.05) is 0 Å². The number of anilines is 1. The van der Waals surface area contributed by atoms with Gasteiger partial charge in [-0.3, -0.25) is 4.79 Å². The molecule has 4 N–H and O–H groups in total. The Balaban J connectivity index is 2.70. The highest BCUT2D eigenvalue weighted by atomic mass is 32.2. The number of sulfone groups is 1. The molecule has 1 rings (SSSR count). The average molecular weight is 260 g/mol. The summed E-state index contributed by atoms with van der Waals surface area (Å²) in [7, 11) is -3.12. The minimum atomic E-state index is -3.12. The van der Waals surface area contributed by atoms with Crippen LogP contribution in [0.4, 0.5) is 5.69 Å². The molecule has 0 radical (unpaired) electrons. The van der Waals surface area contributed by atoms with Crippen molar-refractivity contribution in [3.63, 3.8) is 0 Å². The molecule has 7 nitrogen and oxygen atoms in total. The van der Waals surface area contributed by atoms with Crippen molar-refractivity contribution in [3.8, 4) is 0 Å². The smallest absolute Gasteiger partial charge is 0.263 e. The van der Waals surface area contributed by atoms with Crippen LogP contribution in [0.2, 0.25) is 0 Å². The van der Waals surface area contributed by atoms with E-state index in [2.05, 4.69) is 5.10 Å². The Labute approximate surface area is 99.7 Å². The lowest BCUT2D eigenvalue weighted by atomic mass is 10.2. The summed E-state index contributed by atoms with van der Waals surface area (Å²) in [4.78, 5) is 11.8. The molecule has 8 heteroatoms. The second-order valence-electron chi connectivity index (χ2n) is 3.98. The normalized spacial score (nSPS) is 13.6. The Morgan fingerprint density at radius 1 is 1.59 bits per heavy atom. The SMILES string of the molecule is Cc1nn(C(=O)[C@@H](N)CCS(C)(=O)=O)cc1N. The van der Waals surface area contributed by atoms with Crippen LogP contribution >= 0.6 is 0 Å². The van der Waals surface area contributed by atoms with E-state index < -0.39 is 21.8 Å². The maximum Gasteiger partial charge on any atom is 0.263 e. The predicted molar refractivity (Wildman–Crippen MR) is 64.3 cm³/mol. The molecule has 1 heterocycles. The molecule has 1 aromatic heterocycles. The lowest BCUT2D eigenvalue weighted by Crippen LogP contribution is -2.36. The average Bonchev–Trinajstić information content (AvgIpc) is 2.53. The molecule has 0 amide bonds. The van der Waals surface area contributed by atoms with E-state index in [1.165, 1.54) is 6.20 Å². The van der Waals surface area contributed by atoms with Crippen LogP contribution in [0.1, 0.15) is 16.9 Å². The van der Waals surface area contributed by atoms with Crippen LogP contribution in [0.15, 0.2) is 6.20 Å². The van der Waals surface area contributed by atoms with Gasteiger partial charge in [0.25, 0.3) is 5.91 Å². The standard InChI is InChI=1S/C9H16N4O3S/c1-6-8(11)5-13(12-6)9(14)7(10)3-4-17(2,15)16/h5,7H,3-4,10-11H2,1-2H3/t7-/m0/s1. The van der Waals surface area contributed by atoms with Gasteiger partial charge in [-0.2, -0.15) is 5.10 Å². The number of hydrogen-bond donors (Lipinski definition) is 2. The maximum absolute atomic E-state index is 11.8. The zero-order valence-electron chi connectivity index (χ0n) is 9.75. The van der Waals surface area contributed by atoms with E-state index in [0.717, 1.165) is 10.9 Å². The quantitative estimate of drug-likeness (QED) is 0.729. The number of hydrogen-bond acceptors (Lipinski definition) is 6. The summed E-state index contributed by atoms with van der Waals surface area (Å²) < 4.78 is 22.9. The maximum atomic E-state index is 11.8. The number of nitrogen functional groups attached to an aromatic ring is 1. The molecule has 1 atom stereocenters. The zero-order valence-corrected chi connectivity index (χ0v) is 10.6. The van der Waals surface area contributed by atoms with Crippen molar-refractivity contribution in [3.05, 3.63) is 11.9 Å². The molecule has 1 aromatic rings. The number of carbonyl (C=O) groups excluding carboxylic acids is 1. The fourth-order valence-electron chi connectivity index (χ4n) is 1.22. The van der Waals surface area contributed by atoms with E-state index in [4.69, 9.17) is 11.5 Å². The summed E-state index contributed by atoms with van der Waals surface area (Å²) in [5, 5.41) is 3.89. The van der Waals surface area contributed by atoms with Crippen molar-refractivity contribution >= 4 is 21.4 Å². The van der Waals surface area contributed by atoms with E-state index in [9.17, 15) is 13.2 Å². The lowest BCUT2D eigenvalue weighted by molar-refractivity contribution is 0.0861. The number of aromatic nitrogens is 2. The fraction of sp³-hybridized carbons (Fsp3) is 0.556. The third-order valence-electron chi connectivity index (χ3n) is 2.28. The summed E-state index contributed by atoms with van der Waals surface area (Å²) in [5.74, 6) is -0.594. The Bertz CT molecular complexity index is 501. The van der Waals surface area contributed by atoms with E-state index >= 15 is 0 Å². The molecule has 0 spiro atoms. The van der Waals surface area contributed by atoms with Gasteiger partial charge in [0.05, 0.1) is 29.4 Å². The molecule has 0 aliphatic heterocycles. The van der Waals surface area contributed by atoms with Crippen molar-refractivity contribution in [2.24, 2.45) is 5.73 Å². The zero-order chi connectivity index (χ0) is 13.2. The Hall–Kier alpha value is -1.41. The number of aryl methyl sites for hydroxylation is 1. The summed E-state index contributed by atoms with van der Waals surface area (Å²) in [6.45, 7) is 1.67. The first-order chi connectivity index (χ1) is 7.70. The Kier molecular flexibility index (Phi) is 3.89. The van der Waals surface area contributed by atoms with Gasteiger partial charge in [-0.25, -0.2) is 13.1 Å². The van der Waals surface area contributed by atoms with Crippen LogP contribution in [-0.2, 0) is 9.84 Å². The van der Waals surface area contributed by atoms with Crippen molar-refractivity contribution in [1.82, 2.24) is 9.78 Å². The lowest BCUT2D eigenvalue weighted by Gasteiger charge is -2.08. The van der Waals surface area contributed by atoms with Gasteiger partial charge in [0.2, 0.25) is 0 Å². The predicted octanol–water partition coefficient (Wildman–Crippen LogP) is -0.824. The minimum Gasteiger partial charge on any atom is -0.396 e. The summed E-state index contributed by atoms with van der Waals surface area (Å²) in [5.41, 5.74) is 12.1. The summed E-state index contributed by atoms with van der Waals surface area (Å²) in [6, 6.07) is -0.900. The van der Waals surface area contributed by atoms with E-state index in [-0.39, 0.29) is 12.2 Å². The van der Waals surface area contributed by atoms with Crippen molar-refractivity contribution < 1.29 is 13.2 Å². The Morgan fingerprint density at radius 2 is 2.18 bits per heavy atom. The second kappa shape index (κ2) is 4.84. The third kappa shape index (κ3) is 3.82. The van der Waals surface area contributed by atoms with Gasteiger partial charge in [-0.15, -0.1) is 0 Å². The van der Waals surface area contributed by atoms with Crippen LogP contribution in [0.5, 0.6) is 0 Å². The first-order valence-electron chi connectivity index (χ1n) is 5.00. The molecule has 0 aliphatic rings. The molecule has 0 aromatic carbocycles. The van der Waals surface area contributed by atoms with Gasteiger partial charge < -0.3 is 11.5 Å². The molecule has 0 bridgehead atoms. The molecule has 96 valence electrons. The number of nitrogens with zero attached hydrogens (tertiary/aromatic N) is 2. The highest BCUT2D eigenvalue weighted by Crippen LogP contribution is 2.07. The van der Waals surface area contributed by atoms with Crippen LogP contribution < -0.4 is 11.5 Å². The van der Waals surface area contributed by atoms with Gasteiger partial charge in [0.1, 0.15) is 9.84 Å². The van der Waals surface area contributed by atoms with Gasteiger partial charge in [0, 0.05) is 6.26 Å². The fourth-order valence-corrected chi connectivity index (χ4v) is 1.90. The summed E-state index contributed by atoms with van der Waals surface area (Å²) in [6.07, 6.45) is 2.54. The summed E-state index contributed by atoms with van der Waals surface area (Å²) >= 11 is 0. The molecule has 0 aliphatic carbocycles. The first kappa shape index (κ1) is 13.7. The largest absolute Gasteiger partial charge is 0.396 e. The molecule has 0 saturated heterocycles. The van der Waals surface area contributed by atoms with Crippen molar-refractivity contribution in [2.75, 3.05) is 17.7 Å². The van der Waals surface area contributed by atoms with Crippen LogP contribution in [0.25, 0.3) is 0 Å². The molecule has 0 unspecified atom stereocenters. The number of nitrogens with two attached hydrogens (primary N) is 2.